The quantitative estimate of drug-likeness (QED) is 0.519. The number of oxazole rings is 1. The molecule has 0 saturated heterocycles. The monoisotopic (exact) mass is 121 g/mol. The molecule has 0 radical (unpaired) electrons. The van der Waals surface area contributed by atoms with Crippen molar-refractivity contribution in [3.05, 3.63) is 18.4 Å². The zero-order valence-electron chi connectivity index (χ0n) is 3.87. The number of nitrogens with zero attached hydrogens (tertiary/aromatic N) is 1. The van der Waals surface area contributed by atoms with Crippen molar-refractivity contribution in [3.63, 3.8) is 0 Å². The van der Waals surface area contributed by atoms with Crippen LogP contribution in [-0.2, 0) is 0 Å². The zero-order chi connectivity index (χ0) is 5.98. The fourth-order valence-electron chi connectivity index (χ4n) is 0.329. The third-order valence-electron chi connectivity index (χ3n) is 0.615. The average molecular weight is 121 g/mol. The molecule has 44 valence electrons. The number of carboxylic acid groups (broad SMARTS) is 1. The van der Waals surface area contributed by atoms with Gasteiger partial charge >= 0.3 is 30.7 Å². The van der Waals surface area contributed by atoms with E-state index >= 15 is 0 Å². The van der Waals surface area contributed by atoms with Gasteiger partial charge in [-0.05, 0) is 0 Å². The Morgan fingerprint density at radius 3 is 2.67 bits per heavy atom. The van der Waals surface area contributed by atoms with Gasteiger partial charge in [-0.15, -0.1) is 0 Å². The van der Waals surface area contributed by atoms with Gasteiger partial charge in [0.1, 0.15) is 6.26 Å². The van der Waals surface area contributed by atoms with Gasteiger partial charge in [-0.1, -0.05) is 0 Å². The molecule has 0 aromatic carbocycles. The molecule has 0 spiro atoms. The van der Waals surface area contributed by atoms with Gasteiger partial charge in [-0.25, -0.2) is 9.78 Å². The van der Waals surface area contributed by atoms with Crippen molar-refractivity contribution in [1.82, 2.24) is 4.98 Å². The average Bonchev–Trinajstić information content (AvgIpc) is 2.12. The Labute approximate surface area is 63.1 Å². The molecular formula is C4H4LiNO3. The van der Waals surface area contributed by atoms with E-state index in [-0.39, 0.29) is 24.8 Å². The molecule has 0 aliphatic carbocycles. The third-order valence-corrected chi connectivity index (χ3v) is 0.615. The van der Waals surface area contributed by atoms with Gasteiger partial charge in [0, 0.05) is 0 Å². The molecule has 1 rings (SSSR count). The first kappa shape index (κ1) is 8.28. The summed E-state index contributed by atoms with van der Waals surface area (Å²) in [6.07, 6.45) is 2.49. The number of carboxylic acids is 1. The molecule has 5 heteroatoms. The van der Waals surface area contributed by atoms with Crippen molar-refractivity contribution < 1.29 is 14.3 Å². The van der Waals surface area contributed by atoms with Gasteiger partial charge < -0.3 is 9.52 Å². The van der Waals surface area contributed by atoms with E-state index in [1.165, 1.54) is 12.5 Å². The van der Waals surface area contributed by atoms with Crippen LogP contribution < -0.4 is 0 Å². The molecule has 4 nitrogen and oxygen atoms in total. The molecule has 1 N–H and O–H groups in total. The van der Waals surface area contributed by atoms with Crippen LogP contribution in [0, 0.1) is 0 Å². The first-order chi connectivity index (χ1) is 3.80. The molecule has 0 aliphatic heterocycles. The summed E-state index contributed by atoms with van der Waals surface area (Å²) in [5, 5.41) is 8.12. The van der Waals surface area contributed by atoms with Gasteiger partial charge in [-0.2, -0.15) is 0 Å². The van der Waals surface area contributed by atoms with Gasteiger partial charge in [0.2, 0.25) is 0 Å². The first-order valence-electron chi connectivity index (χ1n) is 1.93. The molecule has 9 heavy (non-hydrogen) atoms. The Kier molecular flexibility index (Phi) is 3.06. The molecule has 1 aromatic rings. The Balaban J connectivity index is 0.000000640. The fraction of sp³-hybridized carbons (Fsp3) is 0. The van der Waals surface area contributed by atoms with Crippen LogP contribution in [0.1, 0.15) is 10.7 Å². The predicted molar refractivity (Wildman–Crippen MR) is 30.6 cm³/mol. The number of hydrogen-bond donors (Lipinski definition) is 1. The van der Waals surface area contributed by atoms with E-state index in [1.54, 1.807) is 0 Å². The van der Waals surface area contributed by atoms with E-state index in [0.29, 0.717) is 0 Å². The normalized spacial score (nSPS) is 8.00. The number of aromatic carboxylic acids is 1. The zero-order valence-corrected chi connectivity index (χ0v) is 3.87. The Hall–Kier alpha value is -0.723. The molecule has 0 aliphatic rings. The van der Waals surface area contributed by atoms with E-state index < -0.39 is 5.97 Å². The summed E-state index contributed by atoms with van der Waals surface area (Å²) in [6, 6.07) is 0. The van der Waals surface area contributed by atoms with Crippen LogP contribution in [-0.4, -0.2) is 34.9 Å². The summed E-state index contributed by atoms with van der Waals surface area (Å²) in [6.45, 7) is 0. The molecule has 0 unspecified atom stereocenters. The van der Waals surface area contributed by atoms with Crippen molar-refractivity contribution in [2.24, 2.45) is 0 Å². The maximum absolute atomic E-state index is 9.91. The van der Waals surface area contributed by atoms with Crippen LogP contribution in [0.3, 0.4) is 0 Å². The molecule has 0 amide bonds. The summed E-state index contributed by atoms with van der Waals surface area (Å²) in [7, 11) is 0. The summed E-state index contributed by atoms with van der Waals surface area (Å²) in [4.78, 5) is 13.3. The number of carbonyl (C=O) groups is 1. The van der Waals surface area contributed by atoms with Gasteiger partial charge in [0.25, 0.3) is 0 Å². The van der Waals surface area contributed by atoms with Crippen molar-refractivity contribution >= 4 is 24.8 Å². The molecule has 0 bridgehead atoms. The van der Waals surface area contributed by atoms with Crippen molar-refractivity contribution in [3.8, 4) is 0 Å². The van der Waals surface area contributed by atoms with Crippen molar-refractivity contribution in [2.75, 3.05) is 0 Å². The maximum atomic E-state index is 9.91. The fourth-order valence-corrected chi connectivity index (χ4v) is 0.329. The summed E-state index contributed by atoms with van der Waals surface area (Å²) in [5.41, 5.74) is 0. The van der Waals surface area contributed by atoms with Crippen molar-refractivity contribution in [2.45, 2.75) is 0 Å². The molecule has 1 heterocycles. The minimum atomic E-state index is -1.14. The Morgan fingerprint density at radius 2 is 2.44 bits per heavy atom. The van der Waals surface area contributed by atoms with Crippen LogP contribution in [0.5, 0.6) is 0 Å². The second-order valence-electron chi connectivity index (χ2n) is 1.14. The Morgan fingerprint density at radius 1 is 1.78 bits per heavy atom. The van der Waals surface area contributed by atoms with Crippen molar-refractivity contribution in [1.29, 1.82) is 0 Å². The van der Waals surface area contributed by atoms with E-state index in [9.17, 15) is 4.79 Å². The number of hydrogen-bond acceptors (Lipinski definition) is 3. The van der Waals surface area contributed by atoms with Crippen LogP contribution >= 0.6 is 0 Å². The molecular weight excluding hydrogens is 117 g/mol. The van der Waals surface area contributed by atoms with E-state index in [2.05, 4.69) is 9.40 Å². The summed E-state index contributed by atoms with van der Waals surface area (Å²) >= 11 is 0. The topological polar surface area (TPSA) is 63.3 Å². The van der Waals surface area contributed by atoms with Crippen LogP contribution in [0.15, 0.2) is 16.9 Å². The molecule has 1 aromatic heterocycles. The van der Waals surface area contributed by atoms with Gasteiger partial charge in [0.05, 0.1) is 6.20 Å². The van der Waals surface area contributed by atoms with Gasteiger partial charge in [-0.3, -0.25) is 0 Å². The van der Waals surface area contributed by atoms with E-state index in [4.69, 9.17) is 5.11 Å². The second kappa shape index (κ2) is 3.33. The predicted octanol–water partition coefficient (Wildman–Crippen LogP) is -0.276. The minimum absolute atomic E-state index is 0. The molecule has 0 fully saturated rings. The van der Waals surface area contributed by atoms with Gasteiger partial charge in [0.15, 0.2) is 0 Å². The van der Waals surface area contributed by atoms with Crippen LogP contribution in [0.25, 0.3) is 0 Å². The number of aromatic nitrogens is 1. The standard InChI is InChI=1S/C4H3NO3.Li.H/c6-4(7)3-5-1-2-8-3;;/h1-2H,(H,6,7);;. The van der Waals surface area contributed by atoms with Crippen LogP contribution in [0.4, 0.5) is 0 Å². The Bertz CT molecular complexity index is 184. The molecule has 0 atom stereocenters. The second-order valence-corrected chi connectivity index (χ2v) is 1.14. The summed E-state index contributed by atoms with van der Waals surface area (Å²) < 4.78 is 4.38. The molecule has 0 saturated carbocycles. The van der Waals surface area contributed by atoms with Crippen LogP contribution in [0.2, 0.25) is 0 Å². The van der Waals surface area contributed by atoms with E-state index in [1.807, 2.05) is 0 Å². The first-order valence-corrected chi connectivity index (χ1v) is 1.93. The van der Waals surface area contributed by atoms with E-state index in [0.717, 1.165) is 0 Å². The summed E-state index contributed by atoms with van der Waals surface area (Å²) in [5.74, 6) is -1.42. The third kappa shape index (κ3) is 1.92. The number of rotatable bonds is 1. The SMILES string of the molecule is O=C(O)c1ncco1.[LiH].